The van der Waals surface area contributed by atoms with Gasteiger partial charge < -0.3 is 10.1 Å². The van der Waals surface area contributed by atoms with Crippen molar-refractivity contribution in [2.24, 2.45) is 0 Å². The Bertz CT molecular complexity index is 583. The number of nitrogens with zero attached hydrogens (tertiary/aromatic N) is 3. The van der Waals surface area contributed by atoms with Crippen LogP contribution in [-0.2, 0) is 11.3 Å². The number of fused-ring (bicyclic) bond motifs is 1. The largest absolute Gasteiger partial charge is 0.379 e. The Morgan fingerprint density at radius 3 is 2.76 bits per heavy atom. The number of hydrogen-bond acceptors (Lipinski definition) is 5. The fourth-order valence-corrected chi connectivity index (χ4v) is 2.65. The van der Waals surface area contributed by atoms with Crippen LogP contribution in [0.4, 0.5) is 0 Å². The summed E-state index contributed by atoms with van der Waals surface area (Å²) in [4.78, 5) is 11.1. The predicted molar refractivity (Wildman–Crippen MR) is 83.1 cm³/mol. The standard InChI is InChI=1S/C16H22N4O/c1-13(12-20-6-8-21-9-7-20)19-11-14-2-3-15-16(10-14)18-5-4-17-15/h2-5,10,13,19H,6-9,11-12H2,1H3. The summed E-state index contributed by atoms with van der Waals surface area (Å²) < 4.78 is 5.38. The molecule has 1 aliphatic rings. The minimum Gasteiger partial charge on any atom is -0.379 e. The third-order valence-corrected chi connectivity index (χ3v) is 3.82. The molecule has 5 heteroatoms. The summed E-state index contributed by atoms with van der Waals surface area (Å²) in [7, 11) is 0. The molecule has 1 unspecified atom stereocenters. The SMILES string of the molecule is CC(CN1CCOCC1)NCc1ccc2nccnc2c1. The van der Waals surface area contributed by atoms with Crippen LogP contribution in [0, 0.1) is 0 Å². The Hall–Kier alpha value is -1.56. The van der Waals surface area contributed by atoms with Gasteiger partial charge in [-0.15, -0.1) is 0 Å². The molecule has 1 saturated heterocycles. The molecule has 0 spiro atoms. The second-order valence-electron chi connectivity index (χ2n) is 5.57. The van der Waals surface area contributed by atoms with Gasteiger partial charge in [-0.25, -0.2) is 0 Å². The molecule has 0 amide bonds. The van der Waals surface area contributed by atoms with Crippen LogP contribution in [0.25, 0.3) is 11.0 Å². The molecule has 1 fully saturated rings. The molecular formula is C16H22N4O. The van der Waals surface area contributed by atoms with Crippen LogP contribution in [0.5, 0.6) is 0 Å². The maximum atomic E-state index is 5.38. The number of rotatable bonds is 5. The molecule has 112 valence electrons. The molecule has 1 aliphatic heterocycles. The van der Waals surface area contributed by atoms with Crippen molar-refractivity contribution < 1.29 is 4.74 Å². The van der Waals surface area contributed by atoms with E-state index in [4.69, 9.17) is 4.74 Å². The van der Waals surface area contributed by atoms with Gasteiger partial charge in [0.1, 0.15) is 0 Å². The Balaban J connectivity index is 1.53. The Morgan fingerprint density at radius 1 is 1.19 bits per heavy atom. The van der Waals surface area contributed by atoms with Crippen molar-refractivity contribution in [2.75, 3.05) is 32.8 Å². The first-order chi connectivity index (χ1) is 10.3. The molecule has 0 radical (unpaired) electrons. The number of hydrogen-bond donors (Lipinski definition) is 1. The van der Waals surface area contributed by atoms with Crippen molar-refractivity contribution in [1.29, 1.82) is 0 Å². The molecule has 1 aromatic carbocycles. The average Bonchev–Trinajstić information content (AvgIpc) is 2.54. The van der Waals surface area contributed by atoms with Crippen molar-refractivity contribution in [1.82, 2.24) is 20.2 Å². The monoisotopic (exact) mass is 286 g/mol. The van der Waals surface area contributed by atoms with Gasteiger partial charge in [0, 0.05) is 44.6 Å². The zero-order valence-corrected chi connectivity index (χ0v) is 12.5. The molecule has 5 nitrogen and oxygen atoms in total. The highest BCUT2D eigenvalue weighted by atomic mass is 16.5. The van der Waals surface area contributed by atoms with E-state index in [1.54, 1.807) is 12.4 Å². The lowest BCUT2D eigenvalue weighted by Crippen LogP contribution is -2.44. The van der Waals surface area contributed by atoms with Gasteiger partial charge in [0.15, 0.2) is 0 Å². The van der Waals surface area contributed by atoms with Crippen molar-refractivity contribution in [3.63, 3.8) is 0 Å². The van der Waals surface area contributed by atoms with E-state index in [0.717, 1.165) is 50.4 Å². The second-order valence-corrected chi connectivity index (χ2v) is 5.57. The highest BCUT2D eigenvalue weighted by Gasteiger charge is 2.13. The van der Waals surface area contributed by atoms with E-state index < -0.39 is 0 Å². The predicted octanol–water partition coefficient (Wildman–Crippen LogP) is 1.44. The molecule has 1 atom stereocenters. The van der Waals surface area contributed by atoms with Crippen molar-refractivity contribution in [2.45, 2.75) is 19.5 Å². The Kier molecular flexibility index (Phi) is 4.75. The number of morpholine rings is 1. The van der Waals surface area contributed by atoms with E-state index in [0.29, 0.717) is 6.04 Å². The van der Waals surface area contributed by atoms with E-state index in [-0.39, 0.29) is 0 Å². The van der Waals surface area contributed by atoms with Gasteiger partial charge in [-0.1, -0.05) is 6.07 Å². The summed E-state index contributed by atoms with van der Waals surface area (Å²) in [5, 5.41) is 3.58. The number of aromatic nitrogens is 2. The summed E-state index contributed by atoms with van der Waals surface area (Å²) in [5.74, 6) is 0. The number of nitrogens with one attached hydrogen (secondary N) is 1. The van der Waals surface area contributed by atoms with Gasteiger partial charge >= 0.3 is 0 Å². The second kappa shape index (κ2) is 6.93. The minimum absolute atomic E-state index is 0.459. The van der Waals surface area contributed by atoms with E-state index in [9.17, 15) is 0 Å². The maximum absolute atomic E-state index is 5.38. The third-order valence-electron chi connectivity index (χ3n) is 3.82. The first-order valence-electron chi connectivity index (χ1n) is 7.54. The summed E-state index contributed by atoms with van der Waals surface area (Å²) in [5.41, 5.74) is 3.15. The van der Waals surface area contributed by atoms with E-state index in [1.807, 2.05) is 6.07 Å². The van der Waals surface area contributed by atoms with Crippen LogP contribution in [0.15, 0.2) is 30.6 Å². The summed E-state index contributed by atoms with van der Waals surface area (Å²) >= 11 is 0. The van der Waals surface area contributed by atoms with Crippen LogP contribution in [0.1, 0.15) is 12.5 Å². The number of ether oxygens (including phenoxy) is 1. The van der Waals surface area contributed by atoms with Gasteiger partial charge in [0.25, 0.3) is 0 Å². The summed E-state index contributed by atoms with van der Waals surface area (Å²) in [6, 6.07) is 6.72. The lowest BCUT2D eigenvalue weighted by atomic mass is 10.2. The Labute approximate surface area is 125 Å². The molecule has 0 saturated carbocycles. The lowest BCUT2D eigenvalue weighted by Gasteiger charge is -2.29. The highest BCUT2D eigenvalue weighted by Crippen LogP contribution is 2.11. The quantitative estimate of drug-likeness (QED) is 0.901. The summed E-state index contributed by atoms with van der Waals surface area (Å²) in [6.07, 6.45) is 3.46. The molecular weight excluding hydrogens is 264 g/mol. The molecule has 1 N–H and O–H groups in total. The highest BCUT2D eigenvalue weighted by molar-refractivity contribution is 5.74. The maximum Gasteiger partial charge on any atom is 0.0890 e. The number of benzene rings is 1. The van der Waals surface area contributed by atoms with Crippen LogP contribution in [-0.4, -0.2) is 53.8 Å². The normalized spacial score (nSPS) is 18.0. The van der Waals surface area contributed by atoms with E-state index >= 15 is 0 Å². The zero-order valence-electron chi connectivity index (χ0n) is 12.5. The third kappa shape index (κ3) is 3.97. The van der Waals surface area contributed by atoms with Gasteiger partial charge in [0.05, 0.1) is 24.2 Å². The molecule has 1 aromatic heterocycles. The lowest BCUT2D eigenvalue weighted by molar-refractivity contribution is 0.0343. The van der Waals surface area contributed by atoms with Crippen LogP contribution in [0.3, 0.4) is 0 Å². The van der Waals surface area contributed by atoms with Gasteiger partial charge in [-0.2, -0.15) is 0 Å². The molecule has 3 rings (SSSR count). The fourth-order valence-electron chi connectivity index (χ4n) is 2.65. The molecule has 0 bridgehead atoms. The average molecular weight is 286 g/mol. The molecule has 2 aromatic rings. The van der Waals surface area contributed by atoms with Crippen LogP contribution < -0.4 is 5.32 Å². The molecule has 0 aliphatic carbocycles. The van der Waals surface area contributed by atoms with Gasteiger partial charge in [-0.3, -0.25) is 14.9 Å². The molecule has 21 heavy (non-hydrogen) atoms. The van der Waals surface area contributed by atoms with Crippen molar-refractivity contribution >= 4 is 11.0 Å². The van der Waals surface area contributed by atoms with Crippen molar-refractivity contribution in [3.8, 4) is 0 Å². The topological polar surface area (TPSA) is 50.3 Å². The zero-order chi connectivity index (χ0) is 14.5. The van der Waals surface area contributed by atoms with Crippen molar-refractivity contribution in [3.05, 3.63) is 36.2 Å². The first kappa shape index (κ1) is 14.4. The summed E-state index contributed by atoms with van der Waals surface area (Å²) in [6.45, 7) is 7.95. The van der Waals surface area contributed by atoms with Crippen LogP contribution >= 0.6 is 0 Å². The Morgan fingerprint density at radius 2 is 1.95 bits per heavy atom. The molecule has 2 heterocycles. The smallest absolute Gasteiger partial charge is 0.0890 e. The van der Waals surface area contributed by atoms with Gasteiger partial charge in [0.2, 0.25) is 0 Å². The first-order valence-corrected chi connectivity index (χ1v) is 7.54. The van der Waals surface area contributed by atoms with Gasteiger partial charge in [-0.05, 0) is 24.6 Å². The van der Waals surface area contributed by atoms with E-state index in [1.165, 1.54) is 5.56 Å². The minimum atomic E-state index is 0.459. The van der Waals surface area contributed by atoms with E-state index in [2.05, 4.69) is 39.2 Å². The fraction of sp³-hybridized carbons (Fsp3) is 0.500. The van der Waals surface area contributed by atoms with Crippen LogP contribution in [0.2, 0.25) is 0 Å².